The molecule has 1 aromatic heterocycles. The Kier molecular flexibility index (Phi) is 7.01. The van der Waals surface area contributed by atoms with Crippen molar-refractivity contribution in [1.29, 1.82) is 0 Å². The second kappa shape index (κ2) is 10.1. The summed E-state index contributed by atoms with van der Waals surface area (Å²) in [7, 11) is 0. The SMILES string of the molecule is O=C(NN(Cc1ccc(-c2cc(Cl)ccc2F)cc1)CC(O)C(=O)O)c1cc(F)c2nn[nH]c2c1. The van der Waals surface area contributed by atoms with Crippen LogP contribution in [0.15, 0.2) is 54.6 Å². The summed E-state index contributed by atoms with van der Waals surface area (Å²) in [5, 5.41) is 30.0. The van der Waals surface area contributed by atoms with Crippen LogP contribution >= 0.6 is 11.6 Å². The number of hydrazine groups is 1. The third kappa shape index (κ3) is 5.60. The number of amides is 1. The highest BCUT2D eigenvalue weighted by Crippen LogP contribution is 2.26. The van der Waals surface area contributed by atoms with Crippen LogP contribution in [-0.4, -0.2) is 55.2 Å². The van der Waals surface area contributed by atoms with E-state index in [1.54, 1.807) is 24.3 Å². The molecule has 0 fully saturated rings. The van der Waals surface area contributed by atoms with Crippen molar-refractivity contribution in [3.05, 3.63) is 82.4 Å². The molecule has 0 aliphatic carbocycles. The number of H-pyrrole nitrogens is 1. The van der Waals surface area contributed by atoms with Gasteiger partial charge < -0.3 is 10.2 Å². The fourth-order valence-corrected chi connectivity index (χ4v) is 3.59. The molecule has 1 atom stereocenters. The van der Waals surface area contributed by atoms with E-state index in [-0.39, 0.29) is 23.1 Å². The summed E-state index contributed by atoms with van der Waals surface area (Å²) in [5.74, 6) is -3.43. The molecule has 35 heavy (non-hydrogen) atoms. The van der Waals surface area contributed by atoms with Crippen LogP contribution < -0.4 is 5.43 Å². The number of hydrogen-bond acceptors (Lipinski definition) is 6. The Morgan fingerprint density at radius 1 is 1.09 bits per heavy atom. The average molecular weight is 502 g/mol. The number of nitrogens with one attached hydrogen (secondary N) is 2. The second-order valence-electron chi connectivity index (χ2n) is 7.66. The number of fused-ring (bicyclic) bond motifs is 1. The first-order valence-electron chi connectivity index (χ1n) is 10.2. The van der Waals surface area contributed by atoms with E-state index in [2.05, 4.69) is 20.8 Å². The molecule has 4 rings (SSSR count). The number of aliphatic carboxylic acids is 1. The average Bonchev–Trinajstić information content (AvgIpc) is 3.30. The first-order valence-corrected chi connectivity index (χ1v) is 10.6. The Morgan fingerprint density at radius 2 is 1.83 bits per heavy atom. The van der Waals surface area contributed by atoms with E-state index >= 15 is 0 Å². The zero-order valence-electron chi connectivity index (χ0n) is 17.9. The predicted molar refractivity (Wildman–Crippen MR) is 122 cm³/mol. The minimum absolute atomic E-state index is 0.00920. The van der Waals surface area contributed by atoms with Crippen LogP contribution in [-0.2, 0) is 11.3 Å². The zero-order chi connectivity index (χ0) is 25.1. The van der Waals surface area contributed by atoms with Crippen molar-refractivity contribution in [2.24, 2.45) is 0 Å². The van der Waals surface area contributed by atoms with Crippen molar-refractivity contribution in [2.75, 3.05) is 6.54 Å². The van der Waals surface area contributed by atoms with Gasteiger partial charge in [-0.3, -0.25) is 15.3 Å². The number of rotatable bonds is 8. The Hall–Kier alpha value is -3.93. The first-order chi connectivity index (χ1) is 16.7. The van der Waals surface area contributed by atoms with Gasteiger partial charge in [0.1, 0.15) is 11.3 Å². The molecule has 4 N–H and O–H groups in total. The molecule has 1 unspecified atom stereocenters. The molecule has 0 spiro atoms. The van der Waals surface area contributed by atoms with Gasteiger partial charge in [0.2, 0.25) is 0 Å². The number of aliphatic hydroxyl groups is 1. The fraction of sp³-hybridized carbons (Fsp3) is 0.130. The van der Waals surface area contributed by atoms with Gasteiger partial charge in [0.05, 0.1) is 12.1 Å². The Labute approximate surface area is 201 Å². The number of carboxylic acids is 1. The molecule has 3 aromatic carbocycles. The van der Waals surface area contributed by atoms with Gasteiger partial charge in [0.25, 0.3) is 5.91 Å². The highest BCUT2D eigenvalue weighted by molar-refractivity contribution is 6.30. The molecule has 0 radical (unpaired) electrons. The zero-order valence-corrected chi connectivity index (χ0v) is 18.6. The van der Waals surface area contributed by atoms with Gasteiger partial charge in [-0.05, 0) is 41.5 Å². The van der Waals surface area contributed by atoms with Gasteiger partial charge in [0.15, 0.2) is 11.9 Å². The number of carboxylic acid groups (broad SMARTS) is 1. The highest BCUT2D eigenvalue weighted by atomic mass is 35.5. The first kappa shape index (κ1) is 24.2. The number of halogens is 3. The number of aromatic nitrogens is 3. The van der Waals surface area contributed by atoms with E-state index in [1.165, 1.54) is 29.3 Å². The number of carbonyl (C=O) groups is 2. The lowest BCUT2D eigenvalue weighted by Gasteiger charge is -2.24. The van der Waals surface area contributed by atoms with E-state index in [0.717, 1.165) is 6.07 Å². The lowest BCUT2D eigenvalue weighted by atomic mass is 10.0. The van der Waals surface area contributed by atoms with E-state index in [0.29, 0.717) is 21.7 Å². The van der Waals surface area contributed by atoms with Crippen molar-refractivity contribution in [2.45, 2.75) is 12.6 Å². The molecule has 0 aliphatic rings. The number of benzene rings is 3. The van der Waals surface area contributed by atoms with Crippen LogP contribution in [0.4, 0.5) is 8.78 Å². The smallest absolute Gasteiger partial charge is 0.333 e. The maximum atomic E-state index is 14.2. The van der Waals surface area contributed by atoms with E-state index < -0.39 is 36.2 Å². The van der Waals surface area contributed by atoms with Gasteiger partial charge in [-0.2, -0.15) is 0 Å². The highest BCUT2D eigenvalue weighted by Gasteiger charge is 2.21. The molecule has 9 nitrogen and oxygen atoms in total. The van der Waals surface area contributed by atoms with Crippen molar-refractivity contribution in [1.82, 2.24) is 25.8 Å². The summed E-state index contributed by atoms with van der Waals surface area (Å²) in [6, 6.07) is 13.1. The topological polar surface area (TPSA) is 131 Å². The summed E-state index contributed by atoms with van der Waals surface area (Å²) in [4.78, 5) is 23.9. The van der Waals surface area contributed by atoms with Gasteiger partial charge in [-0.25, -0.2) is 18.6 Å². The van der Waals surface area contributed by atoms with Crippen LogP contribution in [0.2, 0.25) is 5.02 Å². The standard InChI is InChI=1S/C23H18ClF2N5O4/c24-15-5-6-17(25)16(9-15)13-3-1-12(2-4-13)10-31(11-20(32)23(34)35)29-22(33)14-7-18(26)21-19(8-14)27-30-28-21/h1-9,20,32H,10-11H2,(H,29,33)(H,34,35)(H,27,28,30). The van der Waals surface area contributed by atoms with E-state index in [4.69, 9.17) is 16.7 Å². The largest absolute Gasteiger partial charge is 0.479 e. The summed E-state index contributed by atoms with van der Waals surface area (Å²) in [6.45, 7) is -0.465. The van der Waals surface area contributed by atoms with Gasteiger partial charge in [-0.15, -0.1) is 5.10 Å². The lowest BCUT2D eigenvalue weighted by Crippen LogP contribution is -2.47. The van der Waals surface area contributed by atoms with Gasteiger partial charge >= 0.3 is 5.97 Å². The van der Waals surface area contributed by atoms with Crippen LogP contribution in [0.5, 0.6) is 0 Å². The predicted octanol–water partition coefficient (Wildman–Crippen LogP) is 3.15. The van der Waals surface area contributed by atoms with E-state index in [1.807, 2.05) is 0 Å². The fourth-order valence-electron chi connectivity index (χ4n) is 3.42. The van der Waals surface area contributed by atoms with Crippen LogP contribution in [0.25, 0.3) is 22.2 Å². The third-order valence-electron chi connectivity index (χ3n) is 5.15. The van der Waals surface area contributed by atoms with Crippen LogP contribution in [0.1, 0.15) is 15.9 Å². The van der Waals surface area contributed by atoms with Crippen LogP contribution in [0.3, 0.4) is 0 Å². The number of nitrogens with zero attached hydrogens (tertiary/aromatic N) is 3. The molecule has 1 amide bonds. The van der Waals surface area contributed by atoms with Crippen molar-refractivity contribution < 1.29 is 28.6 Å². The summed E-state index contributed by atoms with van der Waals surface area (Å²) in [6.07, 6.45) is -1.80. The maximum absolute atomic E-state index is 14.2. The summed E-state index contributed by atoms with van der Waals surface area (Å²) < 4.78 is 28.4. The lowest BCUT2D eigenvalue weighted by molar-refractivity contribution is -0.148. The van der Waals surface area contributed by atoms with E-state index in [9.17, 15) is 23.5 Å². The molecule has 0 aliphatic heterocycles. The summed E-state index contributed by atoms with van der Waals surface area (Å²) >= 11 is 5.96. The molecular formula is C23H18ClF2N5O4. The molecule has 12 heteroatoms. The van der Waals surface area contributed by atoms with Gasteiger partial charge in [-0.1, -0.05) is 41.1 Å². The molecule has 4 aromatic rings. The minimum Gasteiger partial charge on any atom is -0.479 e. The number of aromatic amines is 1. The molecule has 0 saturated carbocycles. The normalized spacial score (nSPS) is 12.1. The van der Waals surface area contributed by atoms with Crippen molar-refractivity contribution in [3.8, 4) is 11.1 Å². The Bertz CT molecular complexity index is 1400. The van der Waals surface area contributed by atoms with Gasteiger partial charge in [0, 0.05) is 22.7 Å². The number of hydrogen-bond donors (Lipinski definition) is 4. The molecule has 180 valence electrons. The molecular weight excluding hydrogens is 484 g/mol. The number of carbonyl (C=O) groups excluding carboxylic acids is 1. The molecule has 1 heterocycles. The Morgan fingerprint density at radius 3 is 2.54 bits per heavy atom. The quantitative estimate of drug-likeness (QED) is 0.273. The number of aliphatic hydroxyl groups excluding tert-OH is 1. The van der Waals surface area contributed by atoms with Crippen LogP contribution in [0, 0.1) is 11.6 Å². The Balaban J connectivity index is 1.54. The molecule has 0 bridgehead atoms. The van der Waals surface area contributed by atoms with Crippen molar-refractivity contribution in [3.63, 3.8) is 0 Å². The monoisotopic (exact) mass is 501 g/mol. The third-order valence-corrected chi connectivity index (χ3v) is 5.39. The minimum atomic E-state index is -1.80. The molecule has 0 saturated heterocycles. The summed E-state index contributed by atoms with van der Waals surface area (Å²) in [5.41, 5.74) is 4.08. The second-order valence-corrected chi connectivity index (χ2v) is 8.10. The maximum Gasteiger partial charge on any atom is 0.333 e. The van der Waals surface area contributed by atoms with Crippen molar-refractivity contribution >= 4 is 34.5 Å².